The molecule has 0 bridgehead atoms. The molecule has 18 heavy (non-hydrogen) atoms. The molecule has 1 atom stereocenters. The molecule has 1 unspecified atom stereocenters. The van der Waals surface area contributed by atoms with E-state index in [1.165, 1.54) is 12.8 Å². The quantitative estimate of drug-likeness (QED) is 0.801. The minimum Gasteiger partial charge on any atom is -0.497 e. The summed E-state index contributed by atoms with van der Waals surface area (Å²) in [6.45, 7) is 2.46. The number of ether oxygens (including phenoxy) is 1. The first kappa shape index (κ1) is 12.9. The number of methoxy groups -OCH3 is 1. The molecule has 2 N–H and O–H groups in total. The molecule has 1 saturated carbocycles. The molecule has 98 valence electrons. The third-order valence-corrected chi connectivity index (χ3v) is 3.08. The van der Waals surface area contributed by atoms with Gasteiger partial charge in [-0.2, -0.15) is 0 Å². The Morgan fingerprint density at radius 1 is 1.39 bits per heavy atom. The van der Waals surface area contributed by atoms with Gasteiger partial charge < -0.3 is 15.4 Å². The molecule has 0 spiro atoms. The summed E-state index contributed by atoms with van der Waals surface area (Å²) in [6, 6.07) is 8.14. The van der Waals surface area contributed by atoms with Gasteiger partial charge in [-0.25, -0.2) is 0 Å². The highest BCUT2D eigenvalue weighted by Crippen LogP contribution is 2.19. The lowest BCUT2D eigenvalue weighted by Gasteiger charge is -2.13. The fourth-order valence-corrected chi connectivity index (χ4v) is 1.76. The molecule has 1 aromatic rings. The van der Waals surface area contributed by atoms with Crippen molar-refractivity contribution in [2.45, 2.75) is 38.4 Å². The van der Waals surface area contributed by atoms with Crippen molar-refractivity contribution in [2.24, 2.45) is 0 Å². The van der Waals surface area contributed by atoms with Crippen LogP contribution in [0.2, 0.25) is 0 Å². The number of benzene rings is 1. The number of rotatable bonds is 6. The van der Waals surface area contributed by atoms with Gasteiger partial charge in [-0.1, -0.05) is 12.1 Å². The lowest BCUT2D eigenvalue weighted by Crippen LogP contribution is -2.42. The second kappa shape index (κ2) is 5.87. The fraction of sp³-hybridized carbons (Fsp3) is 0.500. The minimum absolute atomic E-state index is 0.0534. The molecule has 2 rings (SSSR count). The molecule has 0 radical (unpaired) electrons. The smallest absolute Gasteiger partial charge is 0.237 e. The molecule has 1 aromatic carbocycles. The van der Waals surface area contributed by atoms with Gasteiger partial charge in [0.1, 0.15) is 5.75 Å². The zero-order valence-electron chi connectivity index (χ0n) is 10.9. The minimum atomic E-state index is -0.115. The molecule has 4 heteroatoms. The largest absolute Gasteiger partial charge is 0.497 e. The van der Waals surface area contributed by atoms with Gasteiger partial charge in [-0.3, -0.25) is 4.79 Å². The van der Waals surface area contributed by atoms with E-state index in [0.29, 0.717) is 12.6 Å². The van der Waals surface area contributed by atoms with Crippen LogP contribution in [0.5, 0.6) is 5.75 Å². The first-order valence-corrected chi connectivity index (χ1v) is 6.35. The highest BCUT2D eigenvalue weighted by molar-refractivity contribution is 5.81. The van der Waals surface area contributed by atoms with E-state index in [0.717, 1.165) is 11.3 Å². The van der Waals surface area contributed by atoms with Crippen LogP contribution in [0.3, 0.4) is 0 Å². The van der Waals surface area contributed by atoms with Crippen LogP contribution >= 0.6 is 0 Å². The number of carbonyl (C=O) groups excluding carboxylic acids is 1. The van der Waals surface area contributed by atoms with Gasteiger partial charge >= 0.3 is 0 Å². The predicted octanol–water partition coefficient (Wildman–Crippen LogP) is 1.45. The summed E-state index contributed by atoms with van der Waals surface area (Å²) in [6.07, 6.45) is 2.38. The normalized spacial score (nSPS) is 16.1. The summed E-state index contributed by atoms with van der Waals surface area (Å²) in [5.41, 5.74) is 1.07. The van der Waals surface area contributed by atoms with Crippen LogP contribution in [0.1, 0.15) is 25.3 Å². The maximum atomic E-state index is 11.8. The summed E-state index contributed by atoms with van der Waals surface area (Å²) >= 11 is 0. The lowest BCUT2D eigenvalue weighted by atomic mass is 10.2. The van der Waals surface area contributed by atoms with Gasteiger partial charge in [-0.15, -0.1) is 0 Å². The van der Waals surface area contributed by atoms with Crippen LogP contribution in [0.15, 0.2) is 24.3 Å². The van der Waals surface area contributed by atoms with Crippen LogP contribution in [-0.4, -0.2) is 25.1 Å². The van der Waals surface area contributed by atoms with Crippen LogP contribution in [-0.2, 0) is 11.3 Å². The first-order valence-electron chi connectivity index (χ1n) is 6.35. The number of amides is 1. The maximum Gasteiger partial charge on any atom is 0.237 e. The Balaban J connectivity index is 1.76. The van der Waals surface area contributed by atoms with E-state index in [-0.39, 0.29) is 11.9 Å². The van der Waals surface area contributed by atoms with Gasteiger partial charge in [0.2, 0.25) is 5.91 Å². The highest BCUT2D eigenvalue weighted by atomic mass is 16.5. The maximum absolute atomic E-state index is 11.8. The van der Waals surface area contributed by atoms with Crippen molar-refractivity contribution >= 4 is 5.91 Å². The third-order valence-electron chi connectivity index (χ3n) is 3.08. The number of nitrogens with one attached hydrogen (secondary N) is 2. The van der Waals surface area contributed by atoms with E-state index in [9.17, 15) is 4.79 Å². The van der Waals surface area contributed by atoms with Gasteiger partial charge in [0, 0.05) is 12.6 Å². The molecule has 0 saturated heterocycles. The average Bonchev–Trinajstić information content (AvgIpc) is 3.20. The highest BCUT2D eigenvalue weighted by Gasteiger charge is 2.25. The van der Waals surface area contributed by atoms with Crippen molar-refractivity contribution in [1.82, 2.24) is 10.6 Å². The summed E-state index contributed by atoms with van der Waals surface area (Å²) in [5.74, 6) is 0.881. The van der Waals surface area contributed by atoms with Crippen molar-refractivity contribution in [3.63, 3.8) is 0 Å². The standard InChI is InChI=1S/C14H20N2O2/c1-10(16-12-5-6-12)14(17)15-9-11-3-7-13(18-2)8-4-11/h3-4,7-8,10,12,16H,5-6,9H2,1-2H3,(H,15,17). The summed E-state index contributed by atoms with van der Waals surface area (Å²) in [7, 11) is 1.64. The van der Waals surface area contributed by atoms with Crippen molar-refractivity contribution in [2.75, 3.05) is 7.11 Å². The average molecular weight is 248 g/mol. The second-order valence-electron chi connectivity index (χ2n) is 4.73. The lowest BCUT2D eigenvalue weighted by molar-refractivity contribution is -0.122. The Kier molecular flexibility index (Phi) is 4.20. The number of carbonyl (C=O) groups is 1. The van der Waals surface area contributed by atoms with E-state index in [4.69, 9.17) is 4.74 Å². The Labute approximate surface area is 108 Å². The third kappa shape index (κ3) is 3.74. The molecule has 1 amide bonds. The Morgan fingerprint density at radius 2 is 2.06 bits per heavy atom. The van der Waals surface area contributed by atoms with E-state index >= 15 is 0 Å². The van der Waals surface area contributed by atoms with E-state index in [1.54, 1.807) is 7.11 Å². The van der Waals surface area contributed by atoms with Crippen molar-refractivity contribution in [3.8, 4) is 5.75 Å². The van der Waals surface area contributed by atoms with Gasteiger partial charge in [0.25, 0.3) is 0 Å². The van der Waals surface area contributed by atoms with Crippen LogP contribution in [0.4, 0.5) is 0 Å². The van der Waals surface area contributed by atoms with Crippen LogP contribution in [0.25, 0.3) is 0 Å². The Morgan fingerprint density at radius 3 is 2.61 bits per heavy atom. The molecular weight excluding hydrogens is 228 g/mol. The fourth-order valence-electron chi connectivity index (χ4n) is 1.76. The van der Waals surface area contributed by atoms with Gasteiger partial charge in [-0.05, 0) is 37.5 Å². The van der Waals surface area contributed by atoms with Crippen LogP contribution in [0, 0.1) is 0 Å². The SMILES string of the molecule is COc1ccc(CNC(=O)C(C)NC2CC2)cc1. The van der Waals surface area contributed by atoms with Crippen molar-refractivity contribution < 1.29 is 9.53 Å². The molecule has 0 aliphatic heterocycles. The number of hydrogen-bond donors (Lipinski definition) is 2. The first-order chi connectivity index (χ1) is 8.69. The van der Waals surface area contributed by atoms with Crippen LogP contribution < -0.4 is 15.4 Å². The molecular formula is C14H20N2O2. The Hall–Kier alpha value is -1.55. The van der Waals surface area contributed by atoms with E-state index in [1.807, 2.05) is 31.2 Å². The summed E-state index contributed by atoms with van der Waals surface area (Å²) in [5, 5.41) is 6.20. The predicted molar refractivity (Wildman–Crippen MR) is 70.5 cm³/mol. The molecule has 0 aromatic heterocycles. The van der Waals surface area contributed by atoms with E-state index in [2.05, 4.69) is 10.6 Å². The molecule has 1 aliphatic rings. The summed E-state index contributed by atoms with van der Waals surface area (Å²) < 4.78 is 5.09. The van der Waals surface area contributed by atoms with E-state index < -0.39 is 0 Å². The molecule has 4 nitrogen and oxygen atoms in total. The molecule has 1 fully saturated rings. The van der Waals surface area contributed by atoms with Crippen molar-refractivity contribution in [1.29, 1.82) is 0 Å². The van der Waals surface area contributed by atoms with Crippen molar-refractivity contribution in [3.05, 3.63) is 29.8 Å². The summed E-state index contributed by atoms with van der Waals surface area (Å²) in [4.78, 5) is 11.8. The zero-order valence-corrected chi connectivity index (χ0v) is 10.9. The Bertz CT molecular complexity index is 399. The number of hydrogen-bond acceptors (Lipinski definition) is 3. The van der Waals surface area contributed by atoms with Gasteiger partial charge in [0.05, 0.1) is 13.2 Å². The zero-order chi connectivity index (χ0) is 13.0. The molecule has 1 aliphatic carbocycles. The molecule has 0 heterocycles. The topological polar surface area (TPSA) is 50.4 Å². The second-order valence-corrected chi connectivity index (χ2v) is 4.73. The van der Waals surface area contributed by atoms with Gasteiger partial charge in [0.15, 0.2) is 0 Å². The monoisotopic (exact) mass is 248 g/mol.